The van der Waals surface area contributed by atoms with Crippen molar-refractivity contribution < 1.29 is 33.8 Å². The van der Waals surface area contributed by atoms with Crippen LogP contribution in [-0.2, 0) is 29.0 Å². The number of unbranched alkanes of at least 4 members (excludes halogenated alkanes) is 2. The lowest BCUT2D eigenvalue weighted by atomic mass is 10.0. The Balaban J connectivity index is 3.66. The molecule has 0 aliphatic carbocycles. The minimum atomic E-state index is -0.917. The number of hydrogen-bond acceptors (Lipinski definition) is 7. The number of rotatable bonds is 14. The fourth-order valence-electron chi connectivity index (χ4n) is 1.84. The normalized spacial score (nSPS) is 12.2. The van der Waals surface area contributed by atoms with Gasteiger partial charge in [-0.1, -0.05) is 39.5 Å². The van der Waals surface area contributed by atoms with Crippen LogP contribution in [0.3, 0.4) is 0 Å². The smallest absolute Gasteiger partial charge is 0.404 e. The molecule has 0 aliphatic heterocycles. The summed E-state index contributed by atoms with van der Waals surface area (Å²) in [5.41, 5.74) is -0.853. The van der Waals surface area contributed by atoms with Crippen molar-refractivity contribution in [1.29, 1.82) is 0 Å². The molecule has 0 aromatic heterocycles. The summed E-state index contributed by atoms with van der Waals surface area (Å²) in [7, 11) is 0. The maximum atomic E-state index is 11.3. The molecule has 0 heterocycles. The van der Waals surface area contributed by atoms with Crippen molar-refractivity contribution in [2.75, 3.05) is 13.6 Å². The molecule has 24 heavy (non-hydrogen) atoms. The monoisotopic (exact) mass is 350 g/mol. The third-order valence-corrected chi connectivity index (χ3v) is 3.28. The van der Waals surface area contributed by atoms with Crippen molar-refractivity contribution in [3.63, 3.8) is 0 Å². The maximum absolute atomic E-state index is 11.3. The van der Waals surface area contributed by atoms with Gasteiger partial charge in [-0.3, -0.25) is 0 Å². The van der Waals surface area contributed by atoms with Crippen LogP contribution in [0.5, 0.6) is 0 Å². The first-order chi connectivity index (χ1) is 11.2. The molecule has 0 spiro atoms. The highest BCUT2D eigenvalue weighted by molar-refractivity contribution is 5.59. The Bertz CT molecular complexity index is 299. The molecule has 0 bridgehead atoms. The minimum Gasteiger partial charge on any atom is -0.404 e. The second-order valence-electron chi connectivity index (χ2n) is 6.90. The van der Waals surface area contributed by atoms with E-state index in [1.54, 1.807) is 0 Å². The van der Waals surface area contributed by atoms with E-state index in [1.165, 1.54) is 0 Å². The summed E-state index contributed by atoms with van der Waals surface area (Å²) >= 11 is 0. The van der Waals surface area contributed by atoms with Gasteiger partial charge in [-0.15, -0.1) is 0 Å². The van der Waals surface area contributed by atoms with Gasteiger partial charge in [0.1, 0.15) is 0 Å². The van der Waals surface area contributed by atoms with E-state index in [0.29, 0.717) is 0 Å². The average molecular weight is 350 g/mol. The number of ether oxygens (including phenoxy) is 2. The predicted octanol–water partition coefficient (Wildman–Crippen LogP) is 4.89. The zero-order valence-electron chi connectivity index (χ0n) is 16.0. The van der Waals surface area contributed by atoms with Gasteiger partial charge in [0.15, 0.2) is 0 Å². The van der Waals surface area contributed by atoms with Crippen molar-refractivity contribution in [3.8, 4) is 0 Å². The fourth-order valence-corrected chi connectivity index (χ4v) is 1.84. The van der Waals surface area contributed by atoms with Gasteiger partial charge in [0, 0.05) is 0 Å². The van der Waals surface area contributed by atoms with Crippen LogP contribution in [0.25, 0.3) is 0 Å². The van der Waals surface area contributed by atoms with E-state index in [-0.39, 0.29) is 13.6 Å². The Kier molecular flexibility index (Phi) is 12.0. The molecule has 0 amide bonds. The van der Waals surface area contributed by atoms with Gasteiger partial charge in [-0.05, 0) is 40.5 Å². The quantitative estimate of drug-likeness (QED) is 0.145. The van der Waals surface area contributed by atoms with E-state index in [4.69, 9.17) is 29.0 Å². The van der Waals surface area contributed by atoms with Gasteiger partial charge in [0.25, 0.3) is 0 Å². The summed E-state index contributed by atoms with van der Waals surface area (Å²) in [6, 6.07) is 0. The van der Waals surface area contributed by atoms with Crippen LogP contribution in [0.2, 0.25) is 0 Å². The molecule has 0 aromatic rings. The number of carbonyl (C=O) groups excluding carboxylic acids is 1. The fraction of sp³-hybridized carbons (Fsp3) is 0.941. The SMILES string of the molecule is CCCCC(C)(C)OOCOC(=O)OCOOC(C)(C)CCCC. The van der Waals surface area contributed by atoms with E-state index in [0.717, 1.165) is 38.5 Å². The molecule has 0 saturated heterocycles. The second-order valence-corrected chi connectivity index (χ2v) is 6.90. The topological polar surface area (TPSA) is 72.5 Å². The second kappa shape index (κ2) is 12.5. The Morgan fingerprint density at radius 2 is 1.12 bits per heavy atom. The van der Waals surface area contributed by atoms with Crippen molar-refractivity contribution in [2.24, 2.45) is 0 Å². The summed E-state index contributed by atoms with van der Waals surface area (Å²) in [6.45, 7) is 11.1. The zero-order chi connectivity index (χ0) is 18.5. The molecule has 144 valence electrons. The van der Waals surface area contributed by atoms with Crippen LogP contribution < -0.4 is 0 Å². The number of carbonyl (C=O) groups is 1. The highest BCUT2D eigenvalue weighted by Crippen LogP contribution is 2.19. The van der Waals surface area contributed by atoms with E-state index >= 15 is 0 Å². The van der Waals surface area contributed by atoms with Gasteiger partial charge in [-0.2, -0.15) is 9.78 Å². The first-order valence-electron chi connectivity index (χ1n) is 8.63. The van der Waals surface area contributed by atoms with Crippen LogP contribution >= 0.6 is 0 Å². The summed E-state index contributed by atoms with van der Waals surface area (Å²) < 4.78 is 9.39. The Morgan fingerprint density at radius 1 is 0.750 bits per heavy atom. The van der Waals surface area contributed by atoms with Gasteiger partial charge in [0.05, 0.1) is 11.2 Å². The Morgan fingerprint density at radius 3 is 1.46 bits per heavy atom. The lowest BCUT2D eigenvalue weighted by Gasteiger charge is -2.23. The van der Waals surface area contributed by atoms with Crippen molar-refractivity contribution in [1.82, 2.24) is 0 Å². The van der Waals surface area contributed by atoms with Gasteiger partial charge in [0.2, 0.25) is 13.6 Å². The largest absolute Gasteiger partial charge is 0.512 e. The number of hydrogen-bond donors (Lipinski definition) is 0. The zero-order valence-corrected chi connectivity index (χ0v) is 16.0. The van der Waals surface area contributed by atoms with Crippen molar-refractivity contribution in [3.05, 3.63) is 0 Å². The molecule has 7 nitrogen and oxygen atoms in total. The Labute approximate surface area is 145 Å². The van der Waals surface area contributed by atoms with E-state index in [1.807, 2.05) is 27.7 Å². The highest BCUT2D eigenvalue weighted by Gasteiger charge is 2.20. The lowest BCUT2D eigenvalue weighted by molar-refractivity contribution is -0.389. The van der Waals surface area contributed by atoms with Crippen LogP contribution in [0.4, 0.5) is 4.79 Å². The summed E-state index contributed by atoms with van der Waals surface area (Å²) in [5, 5.41) is 0. The summed E-state index contributed by atoms with van der Waals surface area (Å²) in [5.74, 6) is 0. The molecule has 0 fully saturated rings. The third-order valence-electron chi connectivity index (χ3n) is 3.28. The van der Waals surface area contributed by atoms with Crippen LogP contribution in [0.15, 0.2) is 0 Å². The van der Waals surface area contributed by atoms with Gasteiger partial charge in [-0.25, -0.2) is 14.6 Å². The average Bonchev–Trinajstić information content (AvgIpc) is 2.52. The molecular weight excluding hydrogens is 316 g/mol. The molecule has 0 rings (SSSR count). The third kappa shape index (κ3) is 13.5. The van der Waals surface area contributed by atoms with E-state index in [9.17, 15) is 4.79 Å². The molecule has 0 aromatic carbocycles. The minimum absolute atomic E-state index is 0.350. The summed E-state index contributed by atoms with van der Waals surface area (Å²) in [4.78, 5) is 31.5. The molecule has 0 N–H and O–H groups in total. The molecule has 7 heteroatoms. The standard InChI is InChI=1S/C17H34O7/c1-7-9-11-16(3,4)23-21-13-19-15(18)20-14-22-24-17(5,6)12-10-8-2/h7-14H2,1-6H3. The molecular formula is C17H34O7. The first kappa shape index (κ1) is 23.1. The maximum Gasteiger partial charge on any atom is 0.512 e. The van der Waals surface area contributed by atoms with Crippen LogP contribution in [0.1, 0.15) is 80.1 Å². The van der Waals surface area contributed by atoms with Gasteiger partial charge < -0.3 is 9.47 Å². The van der Waals surface area contributed by atoms with Crippen molar-refractivity contribution >= 4 is 6.16 Å². The molecule has 0 aliphatic rings. The Hall–Kier alpha value is -0.890. The van der Waals surface area contributed by atoms with Crippen molar-refractivity contribution in [2.45, 2.75) is 91.3 Å². The molecule has 0 unspecified atom stereocenters. The van der Waals surface area contributed by atoms with Crippen LogP contribution in [-0.4, -0.2) is 30.9 Å². The van der Waals surface area contributed by atoms with E-state index in [2.05, 4.69) is 13.8 Å². The molecule has 0 saturated carbocycles. The van der Waals surface area contributed by atoms with E-state index < -0.39 is 17.4 Å². The molecule has 0 atom stereocenters. The first-order valence-corrected chi connectivity index (χ1v) is 8.63. The summed E-state index contributed by atoms with van der Waals surface area (Å²) in [6.07, 6.45) is 5.01. The van der Waals surface area contributed by atoms with Gasteiger partial charge >= 0.3 is 6.16 Å². The lowest BCUT2D eigenvalue weighted by Crippen LogP contribution is -2.26. The highest BCUT2D eigenvalue weighted by atomic mass is 17.2. The predicted molar refractivity (Wildman–Crippen MR) is 88.8 cm³/mol. The van der Waals surface area contributed by atoms with Crippen LogP contribution in [0, 0.1) is 0 Å². The molecule has 0 radical (unpaired) electrons.